The molecule has 0 N–H and O–H groups in total. The van der Waals surface area contributed by atoms with E-state index in [0.29, 0.717) is 23.5 Å². The van der Waals surface area contributed by atoms with Gasteiger partial charge in [-0.2, -0.15) is 0 Å². The zero-order chi connectivity index (χ0) is 21.7. The zero-order valence-corrected chi connectivity index (χ0v) is 18.5. The summed E-state index contributed by atoms with van der Waals surface area (Å²) in [6, 6.07) is 7.96. The molecular formula is C27H33NO2. The van der Waals surface area contributed by atoms with Gasteiger partial charge in [0.15, 0.2) is 0 Å². The molecule has 3 nitrogen and oxygen atoms in total. The number of hydrogen-bond donors (Lipinski definition) is 0. The van der Waals surface area contributed by atoms with E-state index in [9.17, 15) is 9.59 Å². The third-order valence-corrected chi connectivity index (χ3v) is 6.14. The summed E-state index contributed by atoms with van der Waals surface area (Å²) in [5.74, 6) is -0.128. The van der Waals surface area contributed by atoms with Crippen molar-refractivity contribution in [3.05, 3.63) is 76.9 Å². The fourth-order valence-corrected chi connectivity index (χ4v) is 4.48. The number of fused-ring (bicyclic) bond motifs is 1. The van der Waals surface area contributed by atoms with Crippen LogP contribution in [0.2, 0.25) is 0 Å². The van der Waals surface area contributed by atoms with Crippen molar-refractivity contribution < 1.29 is 9.59 Å². The Labute approximate surface area is 180 Å². The van der Waals surface area contributed by atoms with Crippen molar-refractivity contribution in [3.63, 3.8) is 0 Å². The lowest BCUT2D eigenvalue weighted by atomic mass is 9.83. The van der Waals surface area contributed by atoms with E-state index in [0.717, 1.165) is 60.9 Å². The van der Waals surface area contributed by atoms with E-state index >= 15 is 0 Å². The highest BCUT2D eigenvalue weighted by atomic mass is 16.2. The molecule has 1 aromatic rings. The van der Waals surface area contributed by atoms with Gasteiger partial charge in [0, 0.05) is 11.1 Å². The van der Waals surface area contributed by atoms with Crippen molar-refractivity contribution in [2.75, 3.05) is 4.90 Å². The summed E-state index contributed by atoms with van der Waals surface area (Å²) in [5.41, 5.74) is 4.95. The SMILES string of the molecule is C=CC1=C2CC(C)=CC=C2C(=O)N(c2ccccc2C(CCCC)CCCC)C1=O. The number of amides is 2. The molecule has 0 unspecified atom stereocenters. The van der Waals surface area contributed by atoms with Gasteiger partial charge in [0.1, 0.15) is 0 Å². The third-order valence-electron chi connectivity index (χ3n) is 6.14. The van der Waals surface area contributed by atoms with Gasteiger partial charge in [-0.3, -0.25) is 9.59 Å². The number of allylic oxidation sites excluding steroid dienone is 3. The Morgan fingerprint density at radius 1 is 1.03 bits per heavy atom. The molecule has 30 heavy (non-hydrogen) atoms. The first kappa shape index (κ1) is 22.0. The van der Waals surface area contributed by atoms with E-state index in [-0.39, 0.29) is 11.8 Å². The lowest BCUT2D eigenvalue weighted by Crippen LogP contribution is -2.44. The lowest BCUT2D eigenvalue weighted by Gasteiger charge is -2.33. The fraction of sp³-hybridized carbons (Fsp3) is 0.407. The number of para-hydroxylation sites is 1. The van der Waals surface area contributed by atoms with Crippen LogP contribution >= 0.6 is 0 Å². The molecule has 1 aliphatic heterocycles. The van der Waals surface area contributed by atoms with Crippen LogP contribution in [-0.4, -0.2) is 11.8 Å². The normalized spacial score (nSPS) is 16.6. The molecule has 0 atom stereocenters. The molecule has 1 aromatic carbocycles. The second-order valence-electron chi connectivity index (χ2n) is 8.35. The average Bonchev–Trinajstić information content (AvgIpc) is 2.75. The van der Waals surface area contributed by atoms with Crippen molar-refractivity contribution in [3.8, 4) is 0 Å². The van der Waals surface area contributed by atoms with Crippen molar-refractivity contribution in [1.29, 1.82) is 0 Å². The van der Waals surface area contributed by atoms with Crippen LogP contribution in [0.15, 0.2) is 71.4 Å². The van der Waals surface area contributed by atoms with Crippen LogP contribution in [-0.2, 0) is 9.59 Å². The minimum atomic E-state index is -0.256. The molecular weight excluding hydrogens is 370 g/mol. The van der Waals surface area contributed by atoms with Crippen LogP contribution in [0.5, 0.6) is 0 Å². The number of hydrogen-bond acceptors (Lipinski definition) is 2. The van der Waals surface area contributed by atoms with Gasteiger partial charge in [0.05, 0.1) is 5.69 Å². The molecule has 2 amide bonds. The summed E-state index contributed by atoms with van der Waals surface area (Å²) >= 11 is 0. The van der Waals surface area contributed by atoms with Gasteiger partial charge >= 0.3 is 0 Å². The van der Waals surface area contributed by atoms with Gasteiger partial charge in [0.2, 0.25) is 0 Å². The average molecular weight is 404 g/mol. The first-order valence-electron chi connectivity index (χ1n) is 11.2. The second-order valence-corrected chi connectivity index (χ2v) is 8.35. The fourth-order valence-electron chi connectivity index (χ4n) is 4.48. The number of imide groups is 1. The van der Waals surface area contributed by atoms with Crippen molar-refractivity contribution in [2.45, 2.75) is 71.6 Å². The van der Waals surface area contributed by atoms with E-state index in [2.05, 4.69) is 26.5 Å². The summed E-state index contributed by atoms with van der Waals surface area (Å²) < 4.78 is 0. The lowest BCUT2D eigenvalue weighted by molar-refractivity contribution is -0.123. The van der Waals surface area contributed by atoms with E-state index in [1.54, 1.807) is 6.08 Å². The molecule has 1 heterocycles. The maximum Gasteiger partial charge on any atom is 0.265 e. The zero-order valence-electron chi connectivity index (χ0n) is 18.5. The van der Waals surface area contributed by atoms with Crippen LogP contribution in [0, 0.1) is 0 Å². The van der Waals surface area contributed by atoms with Crippen LogP contribution < -0.4 is 4.90 Å². The number of carbonyl (C=O) groups excluding carboxylic acids is 2. The Morgan fingerprint density at radius 2 is 1.70 bits per heavy atom. The molecule has 0 fully saturated rings. The first-order valence-corrected chi connectivity index (χ1v) is 11.2. The molecule has 158 valence electrons. The number of anilines is 1. The summed E-state index contributed by atoms with van der Waals surface area (Å²) in [4.78, 5) is 28.3. The Hall–Kier alpha value is -2.68. The number of carbonyl (C=O) groups is 2. The van der Waals surface area contributed by atoms with E-state index in [1.807, 2.05) is 37.3 Å². The summed E-state index contributed by atoms with van der Waals surface area (Å²) in [6.07, 6.45) is 12.8. The largest absolute Gasteiger partial charge is 0.268 e. The summed E-state index contributed by atoms with van der Waals surface area (Å²) in [6.45, 7) is 10.3. The predicted molar refractivity (Wildman–Crippen MR) is 124 cm³/mol. The van der Waals surface area contributed by atoms with Gasteiger partial charge in [-0.25, -0.2) is 4.90 Å². The Balaban J connectivity index is 2.09. The van der Waals surface area contributed by atoms with Crippen LogP contribution in [0.3, 0.4) is 0 Å². The summed E-state index contributed by atoms with van der Waals surface area (Å²) in [5, 5.41) is 0. The van der Waals surface area contributed by atoms with Gasteiger partial charge in [-0.1, -0.05) is 82.0 Å². The minimum absolute atomic E-state index is 0.221. The van der Waals surface area contributed by atoms with Gasteiger partial charge in [-0.15, -0.1) is 0 Å². The van der Waals surface area contributed by atoms with Crippen LogP contribution in [0.4, 0.5) is 5.69 Å². The number of nitrogens with zero attached hydrogens (tertiary/aromatic N) is 1. The first-order chi connectivity index (χ1) is 14.5. The molecule has 0 spiro atoms. The molecule has 0 aromatic heterocycles. The van der Waals surface area contributed by atoms with E-state index in [1.165, 1.54) is 4.90 Å². The predicted octanol–water partition coefficient (Wildman–Crippen LogP) is 6.78. The van der Waals surface area contributed by atoms with Crippen LogP contribution in [0.1, 0.15) is 77.2 Å². The molecule has 3 rings (SSSR count). The Bertz CT molecular complexity index is 924. The van der Waals surface area contributed by atoms with Gasteiger partial charge in [0.25, 0.3) is 11.8 Å². The second kappa shape index (κ2) is 9.88. The molecule has 0 saturated carbocycles. The Morgan fingerprint density at radius 3 is 2.33 bits per heavy atom. The van der Waals surface area contributed by atoms with E-state index < -0.39 is 0 Å². The highest BCUT2D eigenvalue weighted by Crippen LogP contribution is 2.40. The van der Waals surface area contributed by atoms with Crippen molar-refractivity contribution >= 4 is 17.5 Å². The molecule has 2 aliphatic rings. The summed E-state index contributed by atoms with van der Waals surface area (Å²) in [7, 11) is 0. The third kappa shape index (κ3) is 4.26. The van der Waals surface area contributed by atoms with E-state index in [4.69, 9.17) is 0 Å². The number of rotatable bonds is 9. The molecule has 3 heteroatoms. The quantitative estimate of drug-likeness (QED) is 0.426. The molecule has 0 radical (unpaired) electrons. The Kier molecular flexibility index (Phi) is 7.25. The monoisotopic (exact) mass is 403 g/mol. The standard InChI is InChI=1S/C27H33NO2/c1-5-8-12-20(13-9-6-2)22-14-10-11-15-25(22)28-26(29)21(7-3)24-18-19(4)16-17-23(24)27(28)30/h7,10-11,14-17,20H,3,5-6,8-9,12-13,18H2,1-2,4H3. The highest BCUT2D eigenvalue weighted by molar-refractivity contribution is 6.31. The van der Waals surface area contributed by atoms with Crippen molar-refractivity contribution in [1.82, 2.24) is 0 Å². The minimum Gasteiger partial charge on any atom is -0.268 e. The van der Waals surface area contributed by atoms with Gasteiger partial charge < -0.3 is 0 Å². The molecule has 0 saturated heterocycles. The molecule has 0 bridgehead atoms. The number of benzene rings is 1. The van der Waals surface area contributed by atoms with Crippen molar-refractivity contribution in [2.24, 2.45) is 0 Å². The topological polar surface area (TPSA) is 37.4 Å². The smallest absolute Gasteiger partial charge is 0.265 e. The maximum atomic E-state index is 13.5. The number of unbranched alkanes of at least 4 members (excludes halogenated alkanes) is 2. The van der Waals surface area contributed by atoms with Crippen LogP contribution in [0.25, 0.3) is 0 Å². The van der Waals surface area contributed by atoms with Gasteiger partial charge in [-0.05, 0) is 55.4 Å². The molecule has 1 aliphatic carbocycles. The highest BCUT2D eigenvalue weighted by Gasteiger charge is 2.38. The maximum absolute atomic E-state index is 13.5.